The number of hydrogen-bond acceptors (Lipinski definition) is 2. The second kappa shape index (κ2) is 4.42. The van der Waals surface area contributed by atoms with Crippen LogP contribution in [0.2, 0.25) is 0 Å². The quantitative estimate of drug-likeness (QED) is 0.624. The molecule has 3 nitrogen and oxygen atoms in total. The van der Waals surface area contributed by atoms with Crippen molar-refractivity contribution in [3.63, 3.8) is 0 Å². The fraction of sp³-hybridized carbons (Fsp3) is 0.700. The van der Waals surface area contributed by atoms with Crippen molar-refractivity contribution in [2.75, 3.05) is 6.61 Å². The SMILES string of the molecule is C=CCCC(=O)NC1(CO)CCC1. The van der Waals surface area contributed by atoms with Gasteiger partial charge in [0, 0.05) is 6.42 Å². The number of allylic oxidation sites excluding steroid dienone is 1. The number of carbonyl (C=O) groups is 1. The first-order chi connectivity index (χ1) is 6.22. The van der Waals surface area contributed by atoms with Crippen LogP contribution in [0.4, 0.5) is 0 Å². The van der Waals surface area contributed by atoms with Crippen molar-refractivity contribution in [2.45, 2.75) is 37.6 Å². The molecule has 0 spiro atoms. The Morgan fingerprint density at radius 2 is 2.31 bits per heavy atom. The molecule has 1 fully saturated rings. The van der Waals surface area contributed by atoms with Gasteiger partial charge >= 0.3 is 0 Å². The molecule has 0 unspecified atom stereocenters. The van der Waals surface area contributed by atoms with Crippen molar-refractivity contribution in [1.29, 1.82) is 0 Å². The summed E-state index contributed by atoms with van der Waals surface area (Å²) < 4.78 is 0. The second-order valence-electron chi connectivity index (χ2n) is 3.67. The lowest BCUT2D eigenvalue weighted by Gasteiger charge is -2.40. The largest absolute Gasteiger partial charge is 0.394 e. The molecular formula is C10H17NO2. The van der Waals surface area contributed by atoms with Gasteiger partial charge in [0.1, 0.15) is 0 Å². The van der Waals surface area contributed by atoms with Crippen molar-refractivity contribution in [2.24, 2.45) is 0 Å². The highest BCUT2D eigenvalue weighted by Gasteiger charge is 2.37. The number of aliphatic hydroxyl groups is 1. The first-order valence-electron chi connectivity index (χ1n) is 4.75. The lowest BCUT2D eigenvalue weighted by Crippen LogP contribution is -2.56. The number of rotatable bonds is 5. The maximum absolute atomic E-state index is 11.3. The number of amides is 1. The maximum Gasteiger partial charge on any atom is 0.220 e. The van der Waals surface area contributed by atoms with Crippen molar-refractivity contribution < 1.29 is 9.90 Å². The molecule has 0 aliphatic heterocycles. The van der Waals surface area contributed by atoms with Crippen molar-refractivity contribution >= 4 is 5.91 Å². The van der Waals surface area contributed by atoms with Crippen LogP contribution in [0.3, 0.4) is 0 Å². The maximum atomic E-state index is 11.3. The van der Waals surface area contributed by atoms with E-state index in [2.05, 4.69) is 11.9 Å². The molecule has 0 heterocycles. The van der Waals surface area contributed by atoms with Gasteiger partial charge in [-0.3, -0.25) is 4.79 Å². The molecule has 0 aromatic heterocycles. The van der Waals surface area contributed by atoms with Gasteiger partial charge in [-0.2, -0.15) is 0 Å². The zero-order valence-corrected chi connectivity index (χ0v) is 7.88. The third kappa shape index (κ3) is 2.56. The van der Waals surface area contributed by atoms with Crippen molar-refractivity contribution in [1.82, 2.24) is 5.32 Å². The Kier molecular flexibility index (Phi) is 3.48. The fourth-order valence-corrected chi connectivity index (χ4v) is 1.52. The van der Waals surface area contributed by atoms with Crippen molar-refractivity contribution in [3.05, 3.63) is 12.7 Å². The molecule has 2 N–H and O–H groups in total. The van der Waals surface area contributed by atoms with E-state index in [9.17, 15) is 4.79 Å². The zero-order valence-electron chi connectivity index (χ0n) is 7.88. The molecular weight excluding hydrogens is 166 g/mol. The third-order valence-electron chi connectivity index (χ3n) is 2.59. The van der Waals surface area contributed by atoms with Crippen LogP contribution in [-0.2, 0) is 4.79 Å². The van der Waals surface area contributed by atoms with Gasteiger partial charge in [-0.25, -0.2) is 0 Å². The third-order valence-corrected chi connectivity index (χ3v) is 2.59. The zero-order chi connectivity index (χ0) is 9.73. The van der Waals surface area contributed by atoms with E-state index >= 15 is 0 Å². The van der Waals surface area contributed by atoms with Crippen LogP contribution in [0.15, 0.2) is 12.7 Å². The van der Waals surface area contributed by atoms with E-state index in [1.54, 1.807) is 6.08 Å². The van der Waals surface area contributed by atoms with Gasteiger partial charge < -0.3 is 10.4 Å². The molecule has 0 aromatic rings. The van der Waals surface area contributed by atoms with Crippen LogP contribution in [0.1, 0.15) is 32.1 Å². The Labute approximate surface area is 78.8 Å². The summed E-state index contributed by atoms with van der Waals surface area (Å²) in [5, 5.41) is 12.0. The van der Waals surface area contributed by atoms with Gasteiger partial charge in [0.2, 0.25) is 5.91 Å². The van der Waals surface area contributed by atoms with E-state index in [0.29, 0.717) is 12.8 Å². The van der Waals surface area contributed by atoms with Gasteiger partial charge in [-0.1, -0.05) is 6.08 Å². The number of carbonyl (C=O) groups excluding carboxylic acids is 1. The van der Waals surface area contributed by atoms with Crippen LogP contribution < -0.4 is 5.32 Å². The molecule has 0 saturated heterocycles. The molecule has 74 valence electrons. The highest BCUT2D eigenvalue weighted by molar-refractivity contribution is 5.77. The summed E-state index contributed by atoms with van der Waals surface area (Å²) in [5.74, 6) is 0.0219. The second-order valence-corrected chi connectivity index (χ2v) is 3.67. The van der Waals surface area contributed by atoms with Crippen LogP contribution in [0, 0.1) is 0 Å². The summed E-state index contributed by atoms with van der Waals surface area (Å²) in [6.45, 7) is 3.62. The molecule has 3 heteroatoms. The summed E-state index contributed by atoms with van der Waals surface area (Å²) in [7, 11) is 0. The average molecular weight is 183 g/mol. The van der Waals surface area contributed by atoms with E-state index < -0.39 is 0 Å². The summed E-state index contributed by atoms with van der Waals surface area (Å²) in [5.41, 5.74) is -0.293. The minimum absolute atomic E-state index is 0.0219. The molecule has 0 radical (unpaired) electrons. The topological polar surface area (TPSA) is 49.3 Å². The van der Waals surface area contributed by atoms with Crippen LogP contribution >= 0.6 is 0 Å². The highest BCUT2D eigenvalue weighted by atomic mass is 16.3. The highest BCUT2D eigenvalue weighted by Crippen LogP contribution is 2.31. The van der Waals surface area contributed by atoms with E-state index in [0.717, 1.165) is 19.3 Å². The monoisotopic (exact) mass is 183 g/mol. The Bertz CT molecular complexity index is 192. The average Bonchev–Trinajstić information content (AvgIpc) is 2.08. The van der Waals surface area contributed by atoms with E-state index in [1.807, 2.05) is 0 Å². The summed E-state index contributed by atoms with van der Waals surface area (Å²) in [6.07, 6.45) is 5.82. The van der Waals surface area contributed by atoms with Gasteiger partial charge in [-0.05, 0) is 25.7 Å². The van der Waals surface area contributed by atoms with Crippen LogP contribution in [0.25, 0.3) is 0 Å². The number of aliphatic hydroxyl groups excluding tert-OH is 1. The van der Waals surface area contributed by atoms with E-state index in [-0.39, 0.29) is 18.1 Å². The van der Waals surface area contributed by atoms with Gasteiger partial charge in [-0.15, -0.1) is 6.58 Å². The lowest BCUT2D eigenvalue weighted by molar-refractivity contribution is -0.125. The Hall–Kier alpha value is -0.830. The number of hydrogen-bond donors (Lipinski definition) is 2. The molecule has 0 atom stereocenters. The summed E-state index contributed by atoms with van der Waals surface area (Å²) in [4.78, 5) is 11.3. The molecule has 1 rings (SSSR count). The fourth-order valence-electron chi connectivity index (χ4n) is 1.52. The van der Waals surface area contributed by atoms with Gasteiger partial charge in [0.05, 0.1) is 12.1 Å². The molecule has 1 amide bonds. The first-order valence-corrected chi connectivity index (χ1v) is 4.75. The molecule has 1 saturated carbocycles. The minimum Gasteiger partial charge on any atom is -0.394 e. The molecule has 1 aliphatic rings. The lowest BCUT2D eigenvalue weighted by atomic mass is 9.77. The molecule has 0 bridgehead atoms. The number of nitrogens with one attached hydrogen (secondary N) is 1. The predicted octanol–water partition coefficient (Wildman–Crippen LogP) is 0.984. The molecule has 0 aromatic carbocycles. The first kappa shape index (κ1) is 10.3. The Morgan fingerprint density at radius 3 is 2.69 bits per heavy atom. The van der Waals surface area contributed by atoms with Gasteiger partial charge in [0.25, 0.3) is 0 Å². The molecule has 13 heavy (non-hydrogen) atoms. The summed E-state index contributed by atoms with van der Waals surface area (Å²) in [6, 6.07) is 0. The standard InChI is InChI=1S/C10H17NO2/c1-2-3-5-9(13)11-10(8-12)6-4-7-10/h2,12H,1,3-8H2,(H,11,13). The van der Waals surface area contributed by atoms with E-state index in [1.165, 1.54) is 0 Å². The predicted molar refractivity (Wildman–Crippen MR) is 51.2 cm³/mol. The molecule has 1 aliphatic carbocycles. The smallest absolute Gasteiger partial charge is 0.220 e. The summed E-state index contributed by atoms with van der Waals surface area (Å²) >= 11 is 0. The van der Waals surface area contributed by atoms with Crippen molar-refractivity contribution in [3.8, 4) is 0 Å². The van der Waals surface area contributed by atoms with E-state index in [4.69, 9.17) is 5.11 Å². The van der Waals surface area contributed by atoms with Crippen LogP contribution in [0.5, 0.6) is 0 Å². The van der Waals surface area contributed by atoms with Gasteiger partial charge in [0.15, 0.2) is 0 Å². The Balaban J connectivity index is 2.29. The Morgan fingerprint density at radius 1 is 1.62 bits per heavy atom. The normalized spacial score (nSPS) is 18.8. The van der Waals surface area contributed by atoms with Crippen LogP contribution in [-0.4, -0.2) is 23.2 Å². The minimum atomic E-state index is -0.293.